The molecule has 3 heterocycles. The number of aromatic amines is 1. The van der Waals surface area contributed by atoms with Crippen LogP contribution in [-0.4, -0.2) is 50.6 Å². The fourth-order valence-corrected chi connectivity index (χ4v) is 6.72. The fourth-order valence-electron chi connectivity index (χ4n) is 5.02. The zero-order valence-corrected chi connectivity index (χ0v) is 18.5. The molecule has 0 unspecified atom stereocenters. The largest absolute Gasteiger partial charge is 0.490 e. The molecule has 1 fully saturated rings. The Morgan fingerprint density at radius 3 is 2.56 bits per heavy atom. The highest BCUT2D eigenvalue weighted by Gasteiger charge is 2.35. The van der Waals surface area contributed by atoms with Gasteiger partial charge in [-0.15, -0.1) is 0 Å². The number of nitrogens with zero attached hydrogens (tertiary/aromatic N) is 2. The SMILES string of the molecule is O=S1(=O)c2cccc3cccc(c23)N1CCN1CCC(Oc2cccc3[nH]ccc23)CC1. The maximum Gasteiger partial charge on any atom is 0.265 e. The molecule has 2 aliphatic heterocycles. The molecule has 6 rings (SSSR count). The van der Waals surface area contributed by atoms with E-state index in [1.54, 1.807) is 10.4 Å². The third-order valence-corrected chi connectivity index (χ3v) is 8.54. The molecule has 0 radical (unpaired) electrons. The Balaban J connectivity index is 1.11. The second-order valence-corrected chi connectivity index (χ2v) is 10.4. The van der Waals surface area contributed by atoms with Crippen molar-refractivity contribution < 1.29 is 13.2 Å². The normalized spacial score (nSPS) is 18.6. The predicted molar refractivity (Wildman–Crippen MR) is 127 cm³/mol. The van der Waals surface area contributed by atoms with E-state index in [1.807, 2.05) is 48.7 Å². The third kappa shape index (κ3) is 3.15. The minimum atomic E-state index is -3.49. The number of aromatic nitrogens is 1. The van der Waals surface area contributed by atoms with Crippen molar-refractivity contribution in [2.75, 3.05) is 30.5 Å². The summed E-state index contributed by atoms with van der Waals surface area (Å²) >= 11 is 0. The topological polar surface area (TPSA) is 65.6 Å². The number of hydrogen-bond acceptors (Lipinski definition) is 4. The molecular formula is C25H25N3O3S. The van der Waals surface area contributed by atoms with Crippen molar-refractivity contribution in [3.8, 4) is 5.75 Å². The quantitative estimate of drug-likeness (QED) is 0.493. The first-order valence-electron chi connectivity index (χ1n) is 11.1. The van der Waals surface area contributed by atoms with Crippen LogP contribution in [0.25, 0.3) is 21.7 Å². The number of anilines is 1. The first kappa shape index (κ1) is 19.6. The Kier molecular flexibility index (Phi) is 4.62. The highest BCUT2D eigenvalue weighted by molar-refractivity contribution is 7.93. The number of hydrogen-bond donors (Lipinski definition) is 1. The Morgan fingerprint density at radius 2 is 1.72 bits per heavy atom. The van der Waals surface area contributed by atoms with Gasteiger partial charge < -0.3 is 14.6 Å². The van der Waals surface area contributed by atoms with Gasteiger partial charge in [0.2, 0.25) is 0 Å². The number of H-pyrrole nitrogens is 1. The van der Waals surface area contributed by atoms with Gasteiger partial charge in [-0.2, -0.15) is 0 Å². The molecule has 0 amide bonds. The van der Waals surface area contributed by atoms with Gasteiger partial charge in [-0.1, -0.05) is 30.3 Å². The Labute approximate surface area is 187 Å². The highest BCUT2D eigenvalue weighted by Crippen LogP contribution is 2.41. The number of piperidine rings is 1. The molecule has 164 valence electrons. The summed E-state index contributed by atoms with van der Waals surface area (Å²) in [5, 5.41) is 2.94. The first-order chi connectivity index (χ1) is 15.6. The van der Waals surface area contributed by atoms with Crippen LogP contribution in [0.1, 0.15) is 12.8 Å². The molecule has 0 aliphatic carbocycles. The number of sulfonamides is 1. The van der Waals surface area contributed by atoms with Crippen molar-refractivity contribution in [3.05, 3.63) is 66.9 Å². The van der Waals surface area contributed by atoms with Crippen molar-refractivity contribution in [3.63, 3.8) is 0 Å². The summed E-state index contributed by atoms with van der Waals surface area (Å²) in [6.07, 6.45) is 3.98. The third-order valence-electron chi connectivity index (χ3n) is 6.68. The number of ether oxygens (including phenoxy) is 1. The van der Waals surface area contributed by atoms with E-state index in [0.717, 1.165) is 59.0 Å². The lowest BCUT2D eigenvalue weighted by Gasteiger charge is -2.33. The van der Waals surface area contributed by atoms with Gasteiger partial charge in [0, 0.05) is 48.7 Å². The maximum atomic E-state index is 13.2. The number of likely N-dealkylation sites (tertiary alicyclic amines) is 1. The van der Waals surface area contributed by atoms with Crippen molar-refractivity contribution in [1.82, 2.24) is 9.88 Å². The molecule has 1 aromatic heterocycles. The molecule has 0 atom stereocenters. The van der Waals surface area contributed by atoms with Crippen LogP contribution in [0.15, 0.2) is 71.8 Å². The van der Waals surface area contributed by atoms with Gasteiger partial charge in [-0.3, -0.25) is 4.31 Å². The summed E-state index contributed by atoms with van der Waals surface area (Å²) in [4.78, 5) is 6.00. The summed E-state index contributed by atoms with van der Waals surface area (Å²) in [7, 11) is -3.49. The average molecular weight is 448 g/mol. The van der Waals surface area contributed by atoms with Crippen molar-refractivity contribution in [2.24, 2.45) is 0 Å². The van der Waals surface area contributed by atoms with Gasteiger partial charge in [0.05, 0.1) is 10.6 Å². The number of benzene rings is 3. The zero-order chi connectivity index (χ0) is 21.7. The lowest BCUT2D eigenvalue weighted by Crippen LogP contribution is -2.43. The van der Waals surface area contributed by atoms with Crippen LogP contribution in [0.2, 0.25) is 0 Å². The molecule has 1 N–H and O–H groups in total. The summed E-state index contributed by atoms with van der Waals surface area (Å²) in [6, 6.07) is 19.5. The number of rotatable bonds is 5. The second kappa shape index (κ2) is 7.53. The minimum absolute atomic E-state index is 0.181. The lowest BCUT2D eigenvalue weighted by atomic mass is 10.1. The van der Waals surface area contributed by atoms with Crippen LogP contribution in [0.5, 0.6) is 5.75 Å². The van der Waals surface area contributed by atoms with Crippen LogP contribution < -0.4 is 9.04 Å². The van der Waals surface area contributed by atoms with Gasteiger partial charge >= 0.3 is 0 Å². The van der Waals surface area contributed by atoms with Crippen LogP contribution >= 0.6 is 0 Å². The van der Waals surface area contributed by atoms with E-state index in [-0.39, 0.29) is 6.10 Å². The van der Waals surface area contributed by atoms with E-state index in [1.165, 1.54) is 0 Å². The Hall–Kier alpha value is -3.03. The van der Waals surface area contributed by atoms with E-state index >= 15 is 0 Å². The second-order valence-electron chi connectivity index (χ2n) is 8.56. The lowest BCUT2D eigenvalue weighted by molar-refractivity contribution is 0.104. The van der Waals surface area contributed by atoms with E-state index in [2.05, 4.69) is 22.0 Å². The standard InChI is InChI=1S/C25H25N3O3S/c29-32(30)24-9-2-5-18-4-1-7-22(25(18)24)28(32)17-16-27-14-11-19(12-15-27)31-23-8-3-6-21-20(23)10-13-26-21/h1-10,13,19,26H,11-12,14-17H2. The van der Waals surface area contributed by atoms with Gasteiger partial charge in [-0.25, -0.2) is 8.42 Å². The van der Waals surface area contributed by atoms with Crippen LogP contribution in [0.3, 0.4) is 0 Å². The summed E-state index contributed by atoms with van der Waals surface area (Å²) in [5.74, 6) is 0.927. The molecule has 32 heavy (non-hydrogen) atoms. The Bertz CT molecular complexity index is 1400. The fraction of sp³-hybridized carbons (Fsp3) is 0.280. The van der Waals surface area contributed by atoms with Crippen LogP contribution in [0.4, 0.5) is 5.69 Å². The highest BCUT2D eigenvalue weighted by atomic mass is 32.2. The zero-order valence-electron chi connectivity index (χ0n) is 17.7. The van der Waals surface area contributed by atoms with Gasteiger partial charge in [0.25, 0.3) is 10.0 Å². The minimum Gasteiger partial charge on any atom is -0.490 e. The molecule has 3 aromatic carbocycles. The van der Waals surface area contributed by atoms with Crippen molar-refractivity contribution in [1.29, 1.82) is 0 Å². The summed E-state index contributed by atoms with van der Waals surface area (Å²) < 4.78 is 34.2. The molecule has 0 bridgehead atoms. The van der Waals surface area contributed by atoms with Gasteiger partial charge in [0.15, 0.2) is 0 Å². The first-order valence-corrected chi connectivity index (χ1v) is 12.5. The van der Waals surface area contributed by atoms with Crippen molar-refractivity contribution >= 4 is 37.4 Å². The molecule has 1 saturated heterocycles. The van der Waals surface area contributed by atoms with Crippen molar-refractivity contribution in [2.45, 2.75) is 23.8 Å². The number of fused-ring (bicyclic) bond motifs is 1. The average Bonchev–Trinajstić information content (AvgIpc) is 3.37. The van der Waals surface area contributed by atoms with Gasteiger partial charge in [0.1, 0.15) is 11.9 Å². The molecule has 0 saturated carbocycles. The monoisotopic (exact) mass is 447 g/mol. The van der Waals surface area contributed by atoms with Gasteiger partial charge in [-0.05, 0) is 48.6 Å². The molecule has 7 heteroatoms. The van der Waals surface area contributed by atoms with Crippen LogP contribution in [0, 0.1) is 0 Å². The number of nitrogens with one attached hydrogen (secondary N) is 1. The predicted octanol–water partition coefficient (Wildman–Crippen LogP) is 4.37. The summed E-state index contributed by atoms with van der Waals surface area (Å²) in [6.45, 7) is 2.98. The maximum absolute atomic E-state index is 13.2. The van der Waals surface area contributed by atoms with E-state index < -0.39 is 10.0 Å². The van der Waals surface area contributed by atoms with Crippen LogP contribution in [-0.2, 0) is 10.0 Å². The Morgan fingerprint density at radius 1 is 0.938 bits per heavy atom. The molecule has 4 aromatic rings. The smallest absolute Gasteiger partial charge is 0.265 e. The van der Waals surface area contributed by atoms with E-state index in [4.69, 9.17) is 4.74 Å². The summed E-state index contributed by atoms with van der Waals surface area (Å²) in [5.41, 5.74) is 1.89. The molecular weight excluding hydrogens is 422 g/mol. The van der Waals surface area contributed by atoms with E-state index in [9.17, 15) is 8.42 Å². The molecule has 0 spiro atoms. The van der Waals surface area contributed by atoms with E-state index in [0.29, 0.717) is 18.0 Å². The molecule has 2 aliphatic rings. The molecule has 6 nitrogen and oxygen atoms in total.